The molecular formula is C14H20N2O2. The number of aliphatic hydroxyl groups is 1. The Labute approximate surface area is 108 Å². The van der Waals surface area contributed by atoms with Crippen LogP contribution in [0.15, 0.2) is 24.3 Å². The lowest BCUT2D eigenvalue weighted by molar-refractivity contribution is 0.0758. The maximum absolute atomic E-state index is 9.92. The summed E-state index contributed by atoms with van der Waals surface area (Å²) in [5, 5.41) is 22.0. The molecule has 0 heterocycles. The first-order valence-electron chi connectivity index (χ1n) is 6.10. The fraction of sp³-hybridized carbons (Fsp3) is 0.500. The minimum Gasteiger partial charge on any atom is -0.489 e. The molecule has 1 aromatic carbocycles. The number of hydrogen-bond acceptors (Lipinski definition) is 4. The normalized spacial score (nSPS) is 14.0. The van der Waals surface area contributed by atoms with Crippen molar-refractivity contribution in [1.82, 2.24) is 5.32 Å². The minimum absolute atomic E-state index is 0.0563. The van der Waals surface area contributed by atoms with Gasteiger partial charge in [0.05, 0.1) is 5.56 Å². The maximum Gasteiger partial charge on any atom is 0.137 e. The number of aliphatic hydroxyl groups excluding tert-OH is 1. The van der Waals surface area contributed by atoms with Gasteiger partial charge in [-0.15, -0.1) is 0 Å². The molecule has 98 valence electrons. The van der Waals surface area contributed by atoms with Gasteiger partial charge in [0.2, 0.25) is 0 Å². The number of rotatable bonds is 6. The Morgan fingerprint density at radius 2 is 2.00 bits per heavy atom. The quantitative estimate of drug-likeness (QED) is 0.804. The number of benzene rings is 1. The molecule has 4 heteroatoms. The van der Waals surface area contributed by atoms with E-state index >= 15 is 0 Å². The summed E-state index contributed by atoms with van der Waals surface area (Å²) >= 11 is 0. The Kier molecular flexibility index (Phi) is 5.63. The molecule has 0 aromatic heterocycles. The summed E-state index contributed by atoms with van der Waals surface area (Å²) in [5.74, 6) is 0.510. The number of para-hydroxylation sites is 1. The molecule has 0 amide bonds. The van der Waals surface area contributed by atoms with Crippen LogP contribution in [0.2, 0.25) is 0 Å². The highest BCUT2D eigenvalue weighted by Gasteiger charge is 2.16. The molecule has 0 radical (unpaired) electrons. The third-order valence-corrected chi connectivity index (χ3v) is 2.59. The van der Waals surface area contributed by atoms with Gasteiger partial charge in [-0.1, -0.05) is 26.0 Å². The zero-order valence-electron chi connectivity index (χ0n) is 11.1. The van der Waals surface area contributed by atoms with Crippen molar-refractivity contribution >= 4 is 0 Å². The van der Waals surface area contributed by atoms with E-state index in [1.165, 1.54) is 0 Å². The van der Waals surface area contributed by atoms with Crippen molar-refractivity contribution in [2.24, 2.45) is 0 Å². The van der Waals surface area contributed by atoms with Gasteiger partial charge in [0.1, 0.15) is 24.5 Å². The second kappa shape index (κ2) is 7.00. The van der Waals surface area contributed by atoms with E-state index < -0.39 is 6.10 Å². The third-order valence-electron chi connectivity index (χ3n) is 2.59. The Morgan fingerprint density at radius 1 is 1.33 bits per heavy atom. The van der Waals surface area contributed by atoms with Gasteiger partial charge < -0.3 is 15.2 Å². The molecule has 0 spiro atoms. The maximum atomic E-state index is 9.92. The predicted octanol–water partition coefficient (Wildman–Crippen LogP) is 1.68. The van der Waals surface area contributed by atoms with E-state index in [1.807, 2.05) is 20.8 Å². The average Bonchev–Trinajstić information content (AvgIpc) is 2.35. The molecule has 4 nitrogen and oxygen atoms in total. The van der Waals surface area contributed by atoms with Crippen molar-refractivity contribution in [1.29, 1.82) is 5.26 Å². The lowest BCUT2D eigenvalue weighted by atomic mass is 10.1. The summed E-state index contributed by atoms with van der Waals surface area (Å²) < 4.78 is 5.48. The lowest BCUT2D eigenvalue weighted by Crippen LogP contribution is -2.43. The second-order valence-electron chi connectivity index (χ2n) is 4.60. The van der Waals surface area contributed by atoms with Gasteiger partial charge in [0, 0.05) is 12.1 Å². The molecule has 0 bridgehead atoms. The molecule has 2 N–H and O–H groups in total. The monoisotopic (exact) mass is 248 g/mol. The molecular weight excluding hydrogens is 228 g/mol. The van der Waals surface area contributed by atoms with Gasteiger partial charge in [-0.25, -0.2) is 0 Å². The van der Waals surface area contributed by atoms with Crippen LogP contribution in [0.4, 0.5) is 0 Å². The predicted molar refractivity (Wildman–Crippen MR) is 70.4 cm³/mol. The van der Waals surface area contributed by atoms with Crippen LogP contribution in [0.25, 0.3) is 0 Å². The zero-order valence-corrected chi connectivity index (χ0v) is 11.1. The van der Waals surface area contributed by atoms with Gasteiger partial charge >= 0.3 is 0 Å². The van der Waals surface area contributed by atoms with Crippen molar-refractivity contribution < 1.29 is 9.84 Å². The van der Waals surface area contributed by atoms with Crippen LogP contribution < -0.4 is 10.1 Å². The van der Waals surface area contributed by atoms with Crippen molar-refractivity contribution in [3.63, 3.8) is 0 Å². The molecule has 0 saturated heterocycles. The molecule has 18 heavy (non-hydrogen) atoms. The standard InChI is InChI=1S/C14H20N2O2/c1-10(2)16-11(3)13(17)9-18-14-7-5-4-6-12(14)8-15/h4-7,10-11,13,16-17H,9H2,1-3H3. The highest BCUT2D eigenvalue weighted by atomic mass is 16.5. The molecule has 2 unspecified atom stereocenters. The SMILES string of the molecule is CC(C)NC(C)C(O)COc1ccccc1C#N. The van der Waals surface area contributed by atoms with Gasteiger partial charge in [0.25, 0.3) is 0 Å². The minimum atomic E-state index is -0.612. The Hall–Kier alpha value is -1.57. The van der Waals surface area contributed by atoms with Crippen molar-refractivity contribution in [2.75, 3.05) is 6.61 Å². The molecule has 0 aliphatic carbocycles. The smallest absolute Gasteiger partial charge is 0.137 e. The van der Waals surface area contributed by atoms with Gasteiger partial charge in [-0.2, -0.15) is 5.26 Å². The molecule has 2 atom stereocenters. The number of nitrogens with one attached hydrogen (secondary N) is 1. The van der Waals surface area contributed by atoms with E-state index in [0.29, 0.717) is 17.4 Å². The largest absolute Gasteiger partial charge is 0.489 e. The van der Waals surface area contributed by atoms with Crippen LogP contribution in [0, 0.1) is 11.3 Å². The van der Waals surface area contributed by atoms with Gasteiger partial charge in [-0.05, 0) is 19.1 Å². The summed E-state index contributed by atoms with van der Waals surface area (Å²) in [4.78, 5) is 0. The molecule has 1 rings (SSSR count). The topological polar surface area (TPSA) is 65.3 Å². The molecule has 0 fully saturated rings. The van der Waals surface area contributed by atoms with E-state index in [9.17, 15) is 5.11 Å². The number of nitriles is 1. The Morgan fingerprint density at radius 3 is 2.61 bits per heavy atom. The average molecular weight is 248 g/mol. The van der Waals surface area contributed by atoms with Crippen LogP contribution in [-0.2, 0) is 0 Å². The Balaban J connectivity index is 2.52. The highest BCUT2D eigenvalue weighted by molar-refractivity contribution is 5.42. The summed E-state index contributed by atoms with van der Waals surface area (Å²) in [6.45, 7) is 6.12. The van der Waals surface area contributed by atoms with E-state index in [4.69, 9.17) is 10.00 Å². The lowest BCUT2D eigenvalue weighted by Gasteiger charge is -2.22. The van der Waals surface area contributed by atoms with Crippen LogP contribution in [0.3, 0.4) is 0 Å². The second-order valence-corrected chi connectivity index (χ2v) is 4.60. The summed E-state index contributed by atoms with van der Waals surface area (Å²) in [6, 6.07) is 9.32. The van der Waals surface area contributed by atoms with Crippen molar-refractivity contribution in [3.8, 4) is 11.8 Å². The Bertz CT molecular complexity index is 413. The molecule has 0 saturated carbocycles. The first-order valence-corrected chi connectivity index (χ1v) is 6.10. The van der Waals surface area contributed by atoms with Gasteiger partial charge in [0.15, 0.2) is 0 Å². The van der Waals surface area contributed by atoms with Crippen molar-refractivity contribution in [3.05, 3.63) is 29.8 Å². The molecule has 0 aliphatic heterocycles. The number of nitrogens with zero attached hydrogens (tertiary/aromatic N) is 1. The first kappa shape index (κ1) is 14.5. The van der Waals surface area contributed by atoms with E-state index in [2.05, 4.69) is 11.4 Å². The van der Waals surface area contributed by atoms with Crippen LogP contribution in [0.1, 0.15) is 26.3 Å². The fourth-order valence-electron chi connectivity index (χ4n) is 1.64. The zero-order chi connectivity index (χ0) is 13.5. The summed E-state index contributed by atoms with van der Waals surface area (Å²) in [7, 11) is 0. The first-order chi connectivity index (χ1) is 8.54. The van der Waals surface area contributed by atoms with Gasteiger partial charge in [-0.3, -0.25) is 0 Å². The van der Waals surface area contributed by atoms with E-state index in [1.54, 1.807) is 24.3 Å². The third kappa shape index (κ3) is 4.36. The van der Waals surface area contributed by atoms with Crippen LogP contribution >= 0.6 is 0 Å². The number of hydrogen-bond donors (Lipinski definition) is 2. The summed E-state index contributed by atoms with van der Waals surface area (Å²) in [5.41, 5.74) is 0.481. The molecule has 1 aromatic rings. The van der Waals surface area contributed by atoms with Crippen molar-refractivity contribution in [2.45, 2.75) is 39.0 Å². The van der Waals surface area contributed by atoms with E-state index in [0.717, 1.165) is 0 Å². The van der Waals surface area contributed by atoms with E-state index in [-0.39, 0.29) is 12.6 Å². The van der Waals surface area contributed by atoms with Crippen LogP contribution in [-0.4, -0.2) is 29.9 Å². The van der Waals surface area contributed by atoms with Crippen LogP contribution in [0.5, 0.6) is 5.75 Å². The fourth-order valence-corrected chi connectivity index (χ4v) is 1.64. The molecule has 0 aliphatic rings. The summed E-state index contributed by atoms with van der Waals surface area (Å²) in [6.07, 6.45) is -0.612. The highest BCUT2D eigenvalue weighted by Crippen LogP contribution is 2.16. The number of ether oxygens (including phenoxy) is 1.